The molecule has 0 radical (unpaired) electrons. The fourth-order valence-corrected chi connectivity index (χ4v) is 2.04. The highest BCUT2D eigenvalue weighted by molar-refractivity contribution is 5.37. The van der Waals surface area contributed by atoms with Crippen LogP contribution in [-0.4, -0.2) is 11.7 Å². The molecule has 20 heavy (non-hydrogen) atoms. The maximum atomic E-state index is 13.0. The average molecular weight is 271 g/mol. The van der Waals surface area contributed by atoms with Crippen molar-refractivity contribution in [3.8, 4) is 0 Å². The number of rotatable bonds is 4. The van der Waals surface area contributed by atoms with E-state index in [0.29, 0.717) is 11.1 Å². The topological polar surface area (TPSA) is 69.0 Å². The van der Waals surface area contributed by atoms with Crippen LogP contribution in [0.5, 0.6) is 0 Å². The van der Waals surface area contributed by atoms with E-state index in [2.05, 4.69) is 10.0 Å². The lowest BCUT2D eigenvalue weighted by Gasteiger charge is -2.27. The highest BCUT2D eigenvalue weighted by atomic mass is 19.1. The van der Waals surface area contributed by atoms with Gasteiger partial charge in [0.05, 0.1) is 6.54 Å². The number of aryl methyl sites for hydroxylation is 1. The van der Waals surface area contributed by atoms with Gasteiger partial charge in [-0.1, -0.05) is 47.1 Å². The Balaban J connectivity index is 2.51. The van der Waals surface area contributed by atoms with E-state index in [1.165, 1.54) is 24.3 Å². The van der Waals surface area contributed by atoms with Gasteiger partial charge in [-0.3, -0.25) is 0 Å². The molecule has 0 spiro atoms. The van der Waals surface area contributed by atoms with E-state index in [4.69, 9.17) is 5.53 Å². The molecule has 4 nitrogen and oxygen atoms in total. The zero-order valence-electron chi connectivity index (χ0n) is 11.0. The van der Waals surface area contributed by atoms with Crippen molar-refractivity contribution in [2.24, 2.45) is 5.11 Å². The molecule has 0 heterocycles. The predicted octanol–water partition coefficient (Wildman–Crippen LogP) is 3.68. The first-order valence-corrected chi connectivity index (χ1v) is 6.13. The molecule has 0 saturated heterocycles. The van der Waals surface area contributed by atoms with Gasteiger partial charge in [0.25, 0.3) is 0 Å². The highest BCUT2D eigenvalue weighted by Crippen LogP contribution is 2.30. The zero-order chi connectivity index (χ0) is 14.6. The molecule has 1 N–H and O–H groups in total. The molecule has 102 valence electrons. The van der Waals surface area contributed by atoms with Gasteiger partial charge in [0, 0.05) is 4.91 Å². The summed E-state index contributed by atoms with van der Waals surface area (Å²) in [7, 11) is 0. The van der Waals surface area contributed by atoms with Crippen LogP contribution in [-0.2, 0) is 5.60 Å². The van der Waals surface area contributed by atoms with Gasteiger partial charge < -0.3 is 5.11 Å². The van der Waals surface area contributed by atoms with Gasteiger partial charge in [-0.25, -0.2) is 4.39 Å². The lowest BCUT2D eigenvalue weighted by Crippen LogP contribution is -2.30. The number of halogens is 1. The summed E-state index contributed by atoms with van der Waals surface area (Å²) < 4.78 is 13.0. The second kappa shape index (κ2) is 5.74. The molecule has 0 fully saturated rings. The van der Waals surface area contributed by atoms with Crippen LogP contribution in [0.15, 0.2) is 53.6 Å². The Labute approximate surface area is 116 Å². The second-order valence-electron chi connectivity index (χ2n) is 4.62. The van der Waals surface area contributed by atoms with Crippen molar-refractivity contribution in [2.45, 2.75) is 12.5 Å². The summed E-state index contributed by atoms with van der Waals surface area (Å²) in [5, 5.41) is 14.4. The summed E-state index contributed by atoms with van der Waals surface area (Å²) in [6, 6.07) is 12.8. The number of aliphatic hydroxyl groups is 1. The Kier molecular flexibility index (Phi) is 4.03. The van der Waals surface area contributed by atoms with Crippen molar-refractivity contribution in [1.29, 1.82) is 0 Å². The number of hydrogen-bond acceptors (Lipinski definition) is 2. The molecule has 2 aromatic rings. The molecule has 0 amide bonds. The highest BCUT2D eigenvalue weighted by Gasteiger charge is 2.30. The van der Waals surface area contributed by atoms with E-state index in [1.54, 1.807) is 12.1 Å². The number of hydrogen-bond donors (Lipinski definition) is 1. The Morgan fingerprint density at radius 2 is 1.60 bits per heavy atom. The van der Waals surface area contributed by atoms with Gasteiger partial charge in [-0.15, -0.1) is 0 Å². The fourth-order valence-electron chi connectivity index (χ4n) is 2.04. The molecule has 2 aromatic carbocycles. The number of benzene rings is 2. The lowest BCUT2D eigenvalue weighted by molar-refractivity contribution is 0.0902. The molecule has 0 aliphatic rings. The standard InChI is InChI=1S/C15H14FN3O/c1-11-2-4-12(5-3-11)15(20,10-18-19-17)13-6-8-14(16)9-7-13/h2-9,20H,10H2,1H3. The molecule has 0 aromatic heterocycles. The molecule has 1 unspecified atom stereocenters. The quantitative estimate of drug-likeness (QED) is 0.514. The first kappa shape index (κ1) is 14.1. The van der Waals surface area contributed by atoms with Crippen molar-refractivity contribution in [1.82, 2.24) is 0 Å². The summed E-state index contributed by atoms with van der Waals surface area (Å²) in [6.07, 6.45) is 0. The maximum absolute atomic E-state index is 13.0. The van der Waals surface area contributed by atoms with E-state index in [-0.39, 0.29) is 12.4 Å². The van der Waals surface area contributed by atoms with Gasteiger partial charge in [0.15, 0.2) is 0 Å². The monoisotopic (exact) mass is 271 g/mol. The average Bonchev–Trinajstić information content (AvgIpc) is 2.46. The largest absolute Gasteiger partial charge is 0.380 e. The minimum absolute atomic E-state index is 0.155. The van der Waals surface area contributed by atoms with Crippen molar-refractivity contribution >= 4 is 0 Å². The fraction of sp³-hybridized carbons (Fsp3) is 0.200. The summed E-state index contributed by atoms with van der Waals surface area (Å²) in [4.78, 5) is 2.70. The molecule has 0 saturated carbocycles. The van der Waals surface area contributed by atoms with Gasteiger partial charge in [-0.2, -0.15) is 0 Å². The van der Waals surface area contributed by atoms with Gasteiger partial charge in [0.1, 0.15) is 11.4 Å². The van der Waals surface area contributed by atoms with Crippen molar-refractivity contribution < 1.29 is 9.50 Å². The first-order valence-electron chi connectivity index (χ1n) is 6.13. The van der Waals surface area contributed by atoms with Crippen LogP contribution in [0.2, 0.25) is 0 Å². The van der Waals surface area contributed by atoms with Crippen molar-refractivity contribution in [3.05, 3.63) is 81.5 Å². The second-order valence-corrected chi connectivity index (χ2v) is 4.62. The number of azide groups is 1. The summed E-state index contributed by atoms with van der Waals surface area (Å²) in [6.45, 7) is 1.78. The Bertz CT molecular complexity index is 586. The maximum Gasteiger partial charge on any atom is 0.123 e. The van der Waals surface area contributed by atoms with E-state index < -0.39 is 5.60 Å². The summed E-state index contributed by atoms with van der Waals surface area (Å²) in [5.74, 6) is -0.385. The van der Waals surface area contributed by atoms with Crippen molar-refractivity contribution in [2.75, 3.05) is 6.54 Å². The van der Waals surface area contributed by atoms with E-state index >= 15 is 0 Å². The normalized spacial score (nSPS) is 13.3. The molecule has 0 aliphatic carbocycles. The van der Waals surface area contributed by atoms with Crippen molar-refractivity contribution in [3.63, 3.8) is 0 Å². The molecule has 2 rings (SSSR count). The predicted molar refractivity (Wildman–Crippen MR) is 74.6 cm³/mol. The summed E-state index contributed by atoms with van der Waals surface area (Å²) in [5.41, 5.74) is 9.17. The molecular formula is C15H14FN3O. The van der Waals surface area contributed by atoms with Crippen LogP contribution in [0, 0.1) is 12.7 Å². The van der Waals surface area contributed by atoms with Crippen LogP contribution in [0.4, 0.5) is 4.39 Å². The van der Waals surface area contributed by atoms with Gasteiger partial charge in [0.2, 0.25) is 0 Å². The minimum Gasteiger partial charge on any atom is -0.380 e. The van der Waals surface area contributed by atoms with Gasteiger partial charge >= 0.3 is 0 Å². The minimum atomic E-state index is -1.46. The zero-order valence-corrected chi connectivity index (χ0v) is 11.0. The Morgan fingerprint density at radius 1 is 1.10 bits per heavy atom. The van der Waals surface area contributed by atoms with Crippen LogP contribution in [0.1, 0.15) is 16.7 Å². The smallest absolute Gasteiger partial charge is 0.123 e. The molecule has 1 atom stereocenters. The summed E-state index contributed by atoms with van der Waals surface area (Å²) >= 11 is 0. The molecule has 0 aliphatic heterocycles. The molecular weight excluding hydrogens is 257 g/mol. The van der Waals surface area contributed by atoms with E-state index in [0.717, 1.165) is 5.56 Å². The Hall–Kier alpha value is -2.36. The SMILES string of the molecule is Cc1ccc(C(O)(CN=[N+]=[N-])c2ccc(F)cc2)cc1. The number of nitrogens with zero attached hydrogens (tertiary/aromatic N) is 3. The van der Waals surface area contributed by atoms with Crippen LogP contribution in [0.25, 0.3) is 10.4 Å². The molecule has 0 bridgehead atoms. The van der Waals surface area contributed by atoms with Crippen LogP contribution in [0.3, 0.4) is 0 Å². The Morgan fingerprint density at radius 3 is 2.10 bits per heavy atom. The van der Waals surface area contributed by atoms with Crippen LogP contribution >= 0.6 is 0 Å². The van der Waals surface area contributed by atoms with E-state index in [1.807, 2.05) is 19.1 Å². The van der Waals surface area contributed by atoms with Gasteiger partial charge in [-0.05, 0) is 35.7 Å². The molecule has 5 heteroatoms. The van der Waals surface area contributed by atoms with E-state index in [9.17, 15) is 9.50 Å². The van der Waals surface area contributed by atoms with Crippen LogP contribution < -0.4 is 0 Å². The third kappa shape index (κ3) is 2.79. The lowest BCUT2D eigenvalue weighted by atomic mass is 9.86. The third-order valence-electron chi connectivity index (χ3n) is 3.21. The third-order valence-corrected chi connectivity index (χ3v) is 3.21. The first-order chi connectivity index (χ1) is 9.56.